The van der Waals surface area contributed by atoms with Crippen LogP contribution in [0.3, 0.4) is 0 Å². The second-order valence-corrected chi connectivity index (χ2v) is 5.30. The third kappa shape index (κ3) is 5.26. The first kappa shape index (κ1) is 18.4. The smallest absolute Gasteiger partial charge is 0.244 e. The average Bonchev–Trinajstić information content (AvgIpc) is 2.64. The number of aromatic hydroxyl groups is 1. The Morgan fingerprint density at radius 2 is 1.88 bits per heavy atom. The molecule has 0 unspecified atom stereocenters. The maximum Gasteiger partial charge on any atom is 0.244 e. The molecule has 132 valence electrons. The second kappa shape index (κ2) is 8.75. The second-order valence-electron chi connectivity index (χ2n) is 5.30. The molecule has 0 aliphatic carbocycles. The SMILES string of the molecule is COc1ccc(C=CC(=O)NC[C@@H](O)c2ccc(OC)c(O)c2)cc1. The van der Waals surface area contributed by atoms with Gasteiger partial charge in [0.1, 0.15) is 5.75 Å². The summed E-state index contributed by atoms with van der Waals surface area (Å²) in [6.45, 7) is 0.0254. The van der Waals surface area contributed by atoms with Crippen molar-refractivity contribution in [1.82, 2.24) is 5.32 Å². The molecular formula is C19H21NO5. The molecular weight excluding hydrogens is 322 g/mol. The summed E-state index contributed by atoms with van der Waals surface area (Å²) in [5, 5.41) is 22.4. The molecule has 0 aliphatic rings. The number of carbonyl (C=O) groups is 1. The van der Waals surface area contributed by atoms with E-state index in [1.165, 1.54) is 19.3 Å². The minimum atomic E-state index is -0.935. The van der Waals surface area contributed by atoms with Crippen LogP contribution in [0.1, 0.15) is 17.2 Å². The largest absolute Gasteiger partial charge is 0.504 e. The first-order valence-corrected chi connectivity index (χ1v) is 7.68. The number of methoxy groups -OCH3 is 2. The lowest BCUT2D eigenvalue weighted by atomic mass is 10.1. The van der Waals surface area contributed by atoms with Crippen LogP contribution in [0.2, 0.25) is 0 Å². The standard InChI is InChI=1S/C19H21NO5/c1-24-15-7-3-13(4-8-15)5-10-19(23)20-12-17(22)14-6-9-18(25-2)16(21)11-14/h3-11,17,21-22H,12H2,1-2H3,(H,20,23)/t17-/m1/s1. The Morgan fingerprint density at radius 1 is 1.16 bits per heavy atom. The predicted molar refractivity (Wildman–Crippen MR) is 94.7 cm³/mol. The van der Waals surface area contributed by atoms with Crippen LogP contribution in [0.25, 0.3) is 6.08 Å². The molecule has 1 amide bonds. The number of hydrogen-bond donors (Lipinski definition) is 3. The molecule has 2 aromatic carbocycles. The molecule has 0 saturated heterocycles. The van der Waals surface area contributed by atoms with Gasteiger partial charge in [-0.05, 0) is 41.5 Å². The molecule has 2 rings (SSSR count). The van der Waals surface area contributed by atoms with Crippen molar-refractivity contribution in [1.29, 1.82) is 0 Å². The topological polar surface area (TPSA) is 88.0 Å². The Morgan fingerprint density at radius 3 is 2.48 bits per heavy atom. The van der Waals surface area contributed by atoms with Crippen LogP contribution >= 0.6 is 0 Å². The van der Waals surface area contributed by atoms with E-state index in [9.17, 15) is 15.0 Å². The van der Waals surface area contributed by atoms with E-state index in [0.29, 0.717) is 11.3 Å². The van der Waals surface area contributed by atoms with Gasteiger partial charge in [0, 0.05) is 12.6 Å². The Hall–Kier alpha value is -2.99. The first-order chi connectivity index (χ1) is 12.0. The van der Waals surface area contributed by atoms with Gasteiger partial charge in [-0.15, -0.1) is 0 Å². The molecule has 3 N–H and O–H groups in total. The molecule has 0 bridgehead atoms. The van der Waals surface area contributed by atoms with Gasteiger partial charge in [-0.25, -0.2) is 0 Å². The molecule has 6 nitrogen and oxygen atoms in total. The molecule has 0 saturated carbocycles. The van der Waals surface area contributed by atoms with Crippen molar-refractivity contribution in [3.63, 3.8) is 0 Å². The average molecular weight is 343 g/mol. The van der Waals surface area contributed by atoms with Gasteiger partial charge in [0.05, 0.1) is 20.3 Å². The molecule has 0 aliphatic heterocycles. The summed E-state index contributed by atoms with van der Waals surface area (Å²) in [7, 11) is 3.03. The molecule has 0 radical (unpaired) electrons. The summed E-state index contributed by atoms with van der Waals surface area (Å²) < 4.78 is 10.0. The van der Waals surface area contributed by atoms with Gasteiger partial charge in [-0.3, -0.25) is 4.79 Å². The maximum atomic E-state index is 11.8. The van der Waals surface area contributed by atoms with Gasteiger partial charge in [0.15, 0.2) is 11.5 Å². The molecule has 0 heterocycles. The minimum absolute atomic E-state index is 0.0254. The third-order valence-electron chi connectivity index (χ3n) is 3.60. The molecule has 1 atom stereocenters. The van der Waals surface area contributed by atoms with Gasteiger partial charge < -0.3 is 25.0 Å². The maximum absolute atomic E-state index is 11.8. The quantitative estimate of drug-likeness (QED) is 0.671. The zero-order chi connectivity index (χ0) is 18.2. The molecule has 0 aromatic heterocycles. The lowest BCUT2D eigenvalue weighted by Crippen LogP contribution is -2.26. The Balaban J connectivity index is 1.88. The highest BCUT2D eigenvalue weighted by molar-refractivity contribution is 5.91. The molecule has 0 spiro atoms. The van der Waals surface area contributed by atoms with Crippen molar-refractivity contribution < 1.29 is 24.5 Å². The highest BCUT2D eigenvalue weighted by Crippen LogP contribution is 2.28. The van der Waals surface area contributed by atoms with Crippen molar-refractivity contribution in [2.45, 2.75) is 6.10 Å². The van der Waals surface area contributed by atoms with E-state index in [0.717, 1.165) is 11.3 Å². The number of aliphatic hydroxyl groups is 1. The highest BCUT2D eigenvalue weighted by atomic mass is 16.5. The number of phenolic OH excluding ortho intramolecular Hbond substituents is 1. The normalized spacial score (nSPS) is 12.0. The van der Waals surface area contributed by atoms with E-state index in [2.05, 4.69) is 5.32 Å². The van der Waals surface area contributed by atoms with Crippen LogP contribution in [0.4, 0.5) is 0 Å². The summed E-state index contributed by atoms with van der Waals surface area (Å²) in [5.74, 6) is 0.673. The van der Waals surface area contributed by atoms with Crippen molar-refractivity contribution in [2.24, 2.45) is 0 Å². The highest BCUT2D eigenvalue weighted by Gasteiger charge is 2.11. The van der Waals surface area contributed by atoms with Gasteiger partial charge in [0.25, 0.3) is 0 Å². The summed E-state index contributed by atoms with van der Waals surface area (Å²) >= 11 is 0. The van der Waals surface area contributed by atoms with Crippen molar-refractivity contribution >= 4 is 12.0 Å². The van der Waals surface area contributed by atoms with E-state index in [1.807, 2.05) is 12.1 Å². The molecule has 25 heavy (non-hydrogen) atoms. The lowest BCUT2D eigenvalue weighted by molar-refractivity contribution is -0.116. The number of carbonyl (C=O) groups excluding carboxylic acids is 1. The van der Waals surface area contributed by atoms with E-state index in [1.54, 1.807) is 37.5 Å². The number of hydrogen-bond acceptors (Lipinski definition) is 5. The fourth-order valence-electron chi connectivity index (χ4n) is 2.18. The number of benzene rings is 2. The van der Waals surface area contributed by atoms with Gasteiger partial charge in [0.2, 0.25) is 5.91 Å². The Kier molecular flexibility index (Phi) is 6.42. The molecule has 2 aromatic rings. The van der Waals surface area contributed by atoms with E-state index in [4.69, 9.17) is 9.47 Å². The van der Waals surface area contributed by atoms with Crippen molar-refractivity contribution in [2.75, 3.05) is 20.8 Å². The third-order valence-corrected chi connectivity index (χ3v) is 3.60. The molecule has 6 heteroatoms. The van der Waals surface area contributed by atoms with E-state index in [-0.39, 0.29) is 18.2 Å². The Bertz CT molecular complexity index is 740. The fourth-order valence-corrected chi connectivity index (χ4v) is 2.18. The first-order valence-electron chi connectivity index (χ1n) is 7.68. The van der Waals surface area contributed by atoms with Crippen LogP contribution in [0, 0.1) is 0 Å². The zero-order valence-corrected chi connectivity index (χ0v) is 14.1. The van der Waals surface area contributed by atoms with E-state index >= 15 is 0 Å². The number of ether oxygens (including phenoxy) is 2. The summed E-state index contributed by atoms with van der Waals surface area (Å²) in [5.41, 5.74) is 1.34. The van der Waals surface area contributed by atoms with Gasteiger partial charge in [-0.2, -0.15) is 0 Å². The zero-order valence-electron chi connectivity index (χ0n) is 14.1. The van der Waals surface area contributed by atoms with Gasteiger partial charge >= 0.3 is 0 Å². The number of amides is 1. The summed E-state index contributed by atoms with van der Waals surface area (Å²) in [6.07, 6.45) is 2.12. The minimum Gasteiger partial charge on any atom is -0.504 e. The summed E-state index contributed by atoms with van der Waals surface area (Å²) in [4.78, 5) is 11.8. The number of rotatable bonds is 7. The van der Waals surface area contributed by atoms with Gasteiger partial charge in [-0.1, -0.05) is 18.2 Å². The van der Waals surface area contributed by atoms with Crippen LogP contribution in [0.5, 0.6) is 17.2 Å². The predicted octanol–water partition coefficient (Wildman–Crippen LogP) is 2.27. The van der Waals surface area contributed by atoms with Crippen LogP contribution < -0.4 is 14.8 Å². The van der Waals surface area contributed by atoms with Crippen molar-refractivity contribution in [3.05, 3.63) is 59.7 Å². The number of phenols is 1. The summed E-state index contributed by atoms with van der Waals surface area (Å²) in [6, 6.07) is 11.9. The van der Waals surface area contributed by atoms with E-state index < -0.39 is 6.10 Å². The van der Waals surface area contributed by atoms with Crippen LogP contribution in [0.15, 0.2) is 48.5 Å². The fraction of sp³-hybridized carbons (Fsp3) is 0.211. The number of aliphatic hydroxyl groups excluding tert-OH is 1. The molecule has 0 fully saturated rings. The van der Waals surface area contributed by atoms with Crippen LogP contribution in [-0.2, 0) is 4.79 Å². The Labute approximate surface area is 146 Å². The van der Waals surface area contributed by atoms with Crippen LogP contribution in [-0.4, -0.2) is 36.9 Å². The lowest BCUT2D eigenvalue weighted by Gasteiger charge is -2.13. The van der Waals surface area contributed by atoms with Crippen molar-refractivity contribution in [3.8, 4) is 17.2 Å². The monoisotopic (exact) mass is 343 g/mol. The number of nitrogens with one attached hydrogen (secondary N) is 1.